The van der Waals surface area contributed by atoms with E-state index in [1.165, 1.54) is 16.9 Å². The summed E-state index contributed by atoms with van der Waals surface area (Å²) in [6.07, 6.45) is 1.89. The zero-order chi connectivity index (χ0) is 17.6. The summed E-state index contributed by atoms with van der Waals surface area (Å²) in [7, 11) is 0. The number of carbonyl (C=O) groups excluding carboxylic acids is 1. The number of thiazole rings is 1. The van der Waals surface area contributed by atoms with Crippen LogP contribution in [0.3, 0.4) is 0 Å². The second-order valence-electron chi connectivity index (χ2n) is 5.82. The standard InChI is InChI=1S/C20H19N3OS/c1-14-8-9-17(15(2)10-14)12-21-23-19(24)11-20-22-18(13-25-20)16-6-4-3-5-7-16/h3-10,12-13H,11H2,1-2H3,(H,23,24)/b21-12-. The molecule has 0 radical (unpaired) electrons. The molecule has 0 fully saturated rings. The van der Waals surface area contributed by atoms with Gasteiger partial charge in [0.25, 0.3) is 0 Å². The van der Waals surface area contributed by atoms with Crippen molar-refractivity contribution in [1.82, 2.24) is 10.4 Å². The highest BCUT2D eigenvalue weighted by Gasteiger charge is 2.08. The van der Waals surface area contributed by atoms with Gasteiger partial charge in [0.2, 0.25) is 5.91 Å². The second-order valence-corrected chi connectivity index (χ2v) is 6.77. The molecular formula is C20H19N3OS. The van der Waals surface area contributed by atoms with E-state index in [2.05, 4.69) is 21.6 Å². The number of nitrogens with one attached hydrogen (secondary N) is 1. The van der Waals surface area contributed by atoms with Gasteiger partial charge < -0.3 is 0 Å². The lowest BCUT2D eigenvalue weighted by atomic mass is 10.1. The molecule has 126 valence electrons. The van der Waals surface area contributed by atoms with E-state index in [0.717, 1.165) is 27.4 Å². The minimum Gasteiger partial charge on any atom is -0.273 e. The minimum atomic E-state index is -0.171. The van der Waals surface area contributed by atoms with Crippen LogP contribution in [0.25, 0.3) is 11.3 Å². The molecule has 0 atom stereocenters. The second kappa shape index (κ2) is 7.85. The van der Waals surface area contributed by atoms with Crippen molar-refractivity contribution >= 4 is 23.5 Å². The number of aryl methyl sites for hydroxylation is 2. The van der Waals surface area contributed by atoms with Crippen LogP contribution in [0, 0.1) is 13.8 Å². The fourth-order valence-corrected chi connectivity index (χ4v) is 3.26. The molecule has 3 rings (SSSR count). The predicted molar refractivity (Wildman–Crippen MR) is 103 cm³/mol. The molecule has 0 aliphatic carbocycles. The molecule has 3 aromatic rings. The van der Waals surface area contributed by atoms with Crippen LogP contribution in [-0.2, 0) is 11.2 Å². The Bertz CT molecular complexity index is 900. The lowest BCUT2D eigenvalue weighted by Gasteiger charge is -2.01. The number of carbonyl (C=O) groups is 1. The van der Waals surface area contributed by atoms with Gasteiger partial charge in [-0.3, -0.25) is 4.79 Å². The maximum Gasteiger partial charge on any atom is 0.246 e. The number of hydrogen-bond donors (Lipinski definition) is 1. The Labute approximate surface area is 151 Å². The Kier molecular flexibility index (Phi) is 5.36. The summed E-state index contributed by atoms with van der Waals surface area (Å²) >= 11 is 1.48. The summed E-state index contributed by atoms with van der Waals surface area (Å²) in [5.41, 5.74) is 7.84. The van der Waals surface area contributed by atoms with Crippen molar-refractivity contribution in [3.8, 4) is 11.3 Å². The zero-order valence-electron chi connectivity index (χ0n) is 14.2. The number of rotatable bonds is 5. The fourth-order valence-electron chi connectivity index (χ4n) is 2.45. The van der Waals surface area contributed by atoms with Gasteiger partial charge in [-0.1, -0.05) is 54.1 Å². The van der Waals surface area contributed by atoms with Crippen LogP contribution in [0.1, 0.15) is 21.7 Å². The van der Waals surface area contributed by atoms with E-state index in [1.807, 2.05) is 61.7 Å². The molecule has 1 amide bonds. The zero-order valence-corrected chi connectivity index (χ0v) is 15.0. The van der Waals surface area contributed by atoms with Gasteiger partial charge in [0.15, 0.2) is 0 Å². The first-order chi connectivity index (χ1) is 12.1. The molecule has 0 aliphatic rings. The maximum absolute atomic E-state index is 12.0. The molecule has 0 unspecified atom stereocenters. The lowest BCUT2D eigenvalue weighted by molar-refractivity contribution is -0.120. The van der Waals surface area contributed by atoms with E-state index < -0.39 is 0 Å². The molecule has 1 N–H and O–H groups in total. The molecule has 0 spiro atoms. The topological polar surface area (TPSA) is 54.4 Å². The lowest BCUT2D eigenvalue weighted by Crippen LogP contribution is -2.19. The van der Waals surface area contributed by atoms with Crippen LogP contribution >= 0.6 is 11.3 Å². The molecule has 0 aliphatic heterocycles. The van der Waals surface area contributed by atoms with E-state index in [4.69, 9.17) is 0 Å². The Hall–Kier alpha value is -2.79. The monoisotopic (exact) mass is 349 g/mol. The molecule has 0 saturated carbocycles. The maximum atomic E-state index is 12.0. The van der Waals surface area contributed by atoms with E-state index in [0.29, 0.717) is 0 Å². The quantitative estimate of drug-likeness (QED) is 0.556. The molecule has 0 saturated heterocycles. The minimum absolute atomic E-state index is 0.171. The third kappa shape index (κ3) is 4.61. The molecule has 1 heterocycles. The van der Waals surface area contributed by atoms with E-state index >= 15 is 0 Å². The summed E-state index contributed by atoms with van der Waals surface area (Å²) < 4.78 is 0. The Balaban J connectivity index is 1.58. The number of hydrazone groups is 1. The van der Waals surface area contributed by atoms with Gasteiger partial charge in [0, 0.05) is 10.9 Å². The summed E-state index contributed by atoms with van der Waals surface area (Å²) in [4.78, 5) is 16.5. The number of hydrogen-bond acceptors (Lipinski definition) is 4. The number of benzene rings is 2. The third-order valence-corrected chi connectivity index (χ3v) is 4.60. The molecule has 4 nitrogen and oxygen atoms in total. The molecule has 2 aromatic carbocycles. The van der Waals surface area contributed by atoms with Crippen molar-refractivity contribution in [3.63, 3.8) is 0 Å². The third-order valence-electron chi connectivity index (χ3n) is 3.75. The van der Waals surface area contributed by atoms with E-state index in [1.54, 1.807) is 6.21 Å². The van der Waals surface area contributed by atoms with Gasteiger partial charge >= 0.3 is 0 Å². The van der Waals surface area contributed by atoms with Crippen molar-refractivity contribution in [2.45, 2.75) is 20.3 Å². The van der Waals surface area contributed by atoms with Crippen molar-refractivity contribution in [2.75, 3.05) is 0 Å². The Morgan fingerprint density at radius 3 is 2.76 bits per heavy atom. The average Bonchev–Trinajstić information content (AvgIpc) is 3.06. The molecule has 1 aromatic heterocycles. The van der Waals surface area contributed by atoms with E-state index in [9.17, 15) is 4.79 Å². The van der Waals surface area contributed by atoms with Gasteiger partial charge in [-0.05, 0) is 25.0 Å². The molecule has 0 bridgehead atoms. The van der Waals surface area contributed by atoms with Crippen LogP contribution in [0.15, 0.2) is 59.0 Å². The first-order valence-corrected chi connectivity index (χ1v) is 8.89. The van der Waals surface area contributed by atoms with E-state index in [-0.39, 0.29) is 12.3 Å². The summed E-state index contributed by atoms with van der Waals surface area (Å²) in [5, 5.41) is 6.79. The van der Waals surface area contributed by atoms with Gasteiger partial charge in [0.1, 0.15) is 5.01 Å². The van der Waals surface area contributed by atoms with Gasteiger partial charge in [-0.2, -0.15) is 5.10 Å². The Morgan fingerprint density at radius 1 is 1.20 bits per heavy atom. The fraction of sp³-hybridized carbons (Fsp3) is 0.150. The first-order valence-electron chi connectivity index (χ1n) is 8.01. The van der Waals surface area contributed by atoms with Gasteiger partial charge in [-0.15, -0.1) is 11.3 Å². The predicted octanol–water partition coefficient (Wildman–Crippen LogP) is 4.12. The van der Waals surface area contributed by atoms with Crippen LogP contribution in [0.2, 0.25) is 0 Å². The van der Waals surface area contributed by atoms with Crippen molar-refractivity contribution in [2.24, 2.45) is 5.10 Å². The van der Waals surface area contributed by atoms with Gasteiger partial charge in [0.05, 0.1) is 18.3 Å². The highest BCUT2D eigenvalue weighted by Crippen LogP contribution is 2.21. The Morgan fingerprint density at radius 2 is 2.00 bits per heavy atom. The molecule has 5 heteroatoms. The summed E-state index contributed by atoms with van der Waals surface area (Å²) in [5.74, 6) is -0.171. The smallest absolute Gasteiger partial charge is 0.246 e. The highest BCUT2D eigenvalue weighted by atomic mass is 32.1. The summed E-state index contributed by atoms with van der Waals surface area (Å²) in [6, 6.07) is 16.0. The highest BCUT2D eigenvalue weighted by molar-refractivity contribution is 7.10. The summed E-state index contributed by atoms with van der Waals surface area (Å²) in [6.45, 7) is 4.07. The SMILES string of the molecule is Cc1ccc(/C=N\NC(=O)Cc2nc(-c3ccccc3)cs2)c(C)c1. The number of aromatic nitrogens is 1. The average molecular weight is 349 g/mol. The number of nitrogens with zero attached hydrogens (tertiary/aromatic N) is 2. The van der Waals surface area contributed by atoms with Crippen LogP contribution in [-0.4, -0.2) is 17.1 Å². The first kappa shape index (κ1) is 17.0. The van der Waals surface area contributed by atoms with Crippen molar-refractivity contribution in [1.29, 1.82) is 0 Å². The largest absolute Gasteiger partial charge is 0.273 e. The van der Waals surface area contributed by atoms with Crippen molar-refractivity contribution in [3.05, 3.63) is 75.6 Å². The number of amides is 1. The van der Waals surface area contributed by atoms with Gasteiger partial charge in [-0.25, -0.2) is 10.4 Å². The molecule has 25 heavy (non-hydrogen) atoms. The van der Waals surface area contributed by atoms with Crippen molar-refractivity contribution < 1.29 is 4.79 Å². The van der Waals surface area contributed by atoms with Crippen LogP contribution in [0.4, 0.5) is 0 Å². The van der Waals surface area contributed by atoms with Crippen LogP contribution < -0.4 is 5.43 Å². The normalized spacial score (nSPS) is 11.0. The molecular weight excluding hydrogens is 330 g/mol. The van der Waals surface area contributed by atoms with Crippen LogP contribution in [0.5, 0.6) is 0 Å².